The van der Waals surface area contributed by atoms with Crippen molar-refractivity contribution in [3.63, 3.8) is 0 Å². The number of hydrogen-bond donors (Lipinski definition) is 1. The maximum absolute atomic E-state index is 13.5. The number of aryl methyl sites for hydroxylation is 1. The van der Waals surface area contributed by atoms with Crippen molar-refractivity contribution in [2.45, 2.75) is 13.0 Å². The van der Waals surface area contributed by atoms with E-state index in [-0.39, 0.29) is 17.9 Å². The first-order chi connectivity index (χ1) is 9.47. The van der Waals surface area contributed by atoms with Crippen LogP contribution >= 0.6 is 0 Å². The lowest BCUT2D eigenvalue weighted by molar-refractivity contribution is 0.274. The highest BCUT2D eigenvalue weighted by Gasteiger charge is 2.14. The molecule has 2 N–H and O–H groups in total. The molecule has 5 heteroatoms. The molecule has 2 nitrogen and oxygen atoms in total. The van der Waals surface area contributed by atoms with Crippen LogP contribution in [0.5, 0.6) is 5.75 Å². The minimum atomic E-state index is -0.810. The molecule has 0 aliphatic heterocycles. The van der Waals surface area contributed by atoms with Crippen LogP contribution in [0, 0.1) is 24.4 Å². The van der Waals surface area contributed by atoms with Gasteiger partial charge in [-0.05, 0) is 30.7 Å². The van der Waals surface area contributed by atoms with Gasteiger partial charge in [-0.1, -0.05) is 12.1 Å². The van der Waals surface area contributed by atoms with Crippen LogP contribution in [0.25, 0.3) is 0 Å². The van der Waals surface area contributed by atoms with Gasteiger partial charge in [0, 0.05) is 11.6 Å². The van der Waals surface area contributed by atoms with Crippen LogP contribution < -0.4 is 10.5 Å². The summed E-state index contributed by atoms with van der Waals surface area (Å²) >= 11 is 0. The van der Waals surface area contributed by atoms with Gasteiger partial charge in [0.2, 0.25) is 0 Å². The quantitative estimate of drug-likeness (QED) is 0.931. The standard InChI is InChI=1S/C15H14F3NO/c1-9-2-5-12(17)15(6-9)20-8-14(19)11-4-3-10(16)7-13(11)18/h2-7,14H,8,19H2,1H3. The third-order valence-electron chi connectivity index (χ3n) is 2.87. The number of halogens is 3. The summed E-state index contributed by atoms with van der Waals surface area (Å²) in [5.41, 5.74) is 6.73. The van der Waals surface area contributed by atoms with Crippen molar-refractivity contribution in [2.24, 2.45) is 5.73 Å². The lowest BCUT2D eigenvalue weighted by Crippen LogP contribution is -2.20. The van der Waals surface area contributed by atoms with Crippen LogP contribution in [-0.4, -0.2) is 6.61 Å². The number of ether oxygens (including phenoxy) is 1. The molecule has 0 saturated heterocycles. The Morgan fingerprint density at radius 2 is 1.80 bits per heavy atom. The van der Waals surface area contributed by atoms with Crippen molar-refractivity contribution in [1.29, 1.82) is 0 Å². The van der Waals surface area contributed by atoms with Gasteiger partial charge in [0.25, 0.3) is 0 Å². The minimum absolute atomic E-state index is 0.0583. The predicted molar refractivity (Wildman–Crippen MR) is 69.9 cm³/mol. The molecule has 2 aromatic rings. The highest BCUT2D eigenvalue weighted by atomic mass is 19.1. The lowest BCUT2D eigenvalue weighted by atomic mass is 10.1. The van der Waals surface area contributed by atoms with E-state index in [0.717, 1.165) is 17.7 Å². The number of benzene rings is 2. The zero-order chi connectivity index (χ0) is 14.7. The largest absolute Gasteiger partial charge is 0.489 e. The van der Waals surface area contributed by atoms with Crippen molar-refractivity contribution >= 4 is 0 Å². The fourth-order valence-corrected chi connectivity index (χ4v) is 1.79. The predicted octanol–water partition coefficient (Wildman–Crippen LogP) is 3.49. The van der Waals surface area contributed by atoms with Gasteiger partial charge in [-0.25, -0.2) is 13.2 Å². The fraction of sp³-hybridized carbons (Fsp3) is 0.200. The molecule has 0 spiro atoms. The topological polar surface area (TPSA) is 35.2 Å². The third kappa shape index (κ3) is 3.30. The molecule has 0 fully saturated rings. The van der Waals surface area contributed by atoms with E-state index >= 15 is 0 Å². The van der Waals surface area contributed by atoms with E-state index in [2.05, 4.69) is 0 Å². The number of rotatable bonds is 4. The minimum Gasteiger partial charge on any atom is -0.489 e. The van der Waals surface area contributed by atoms with Gasteiger partial charge < -0.3 is 10.5 Å². The summed E-state index contributed by atoms with van der Waals surface area (Å²) in [6, 6.07) is 6.74. The first-order valence-electron chi connectivity index (χ1n) is 6.07. The van der Waals surface area contributed by atoms with Gasteiger partial charge in [0.1, 0.15) is 18.2 Å². The van der Waals surface area contributed by atoms with Gasteiger partial charge in [-0.2, -0.15) is 0 Å². The second-order valence-electron chi connectivity index (χ2n) is 4.52. The average Bonchev–Trinajstić information content (AvgIpc) is 2.39. The summed E-state index contributed by atoms with van der Waals surface area (Å²) in [4.78, 5) is 0. The molecular weight excluding hydrogens is 267 g/mol. The first kappa shape index (κ1) is 14.4. The second kappa shape index (κ2) is 5.96. The smallest absolute Gasteiger partial charge is 0.165 e. The highest BCUT2D eigenvalue weighted by molar-refractivity contribution is 5.30. The molecule has 0 amide bonds. The van der Waals surface area contributed by atoms with Gasteiger partial charge in [0.15, 0.2) is 11.6 Å². The average molecular weight is 281 g/mol. The summed E-state index contributed by atoms with van der Waals surface area (Å²) in [5, 5.41) is 0. The zero-order valence-corrected chi connectivity index (χ0v) is 10.9. The van der Waals surface area contributed by atoms with Gasteiger partial charge in [-0.15, -0.1) is 0 Å². The van der Waals surface area contributed by atoms with E-state index in [4.69, 9.17) is 10.5 Å². The molecule has 0 heterocycles. The van der Waals surface area contributed by atoms with E-state index < -0.39 is 23.5 Å². The molecule has 1 unspecified atom stereocenters. The Morgan fingerprint density at radius 3 is 2.50 bits per heavy atom. The SMILES string of the molecule is Cc1ccc(F)c(OCC(N)c2ccc(F)cc2F)c1. The molecule has 0 aliphatic carbocycles. The van der Waals surface area contributed by atoms with Crippen LogP contribution in [0.4, 0.5) is 13.2 Å². The normalized spacial score (nSPS) is 12.2. The molecule has 2 aromatic carbocycles. The van der Waals surface area contributed by atoms with Gasteiger partial charge in [-0.3, -0.25) is 0 Å². The lowest BCUT2D eigenvalue weighted by Gasteiger charge is -2.15. The Balaban J connectivity index is 2.08. The Kier molecular flexibility index (Phi) is 4.29. The van der Waals surface area contributed by atoms with Crippen LogP contribution in [-0.2, 0) is 0 Å². The second-order valence-corrected chi connectivity index (χ2v) is 4.52. The van der Waals surface area contributed by atoms with E-state index in [1.165, 1.54) is 18.2 Å². The maximum atomic E-state index is 13.5. The molecule has 106 valence electrons. The molecule has 0 bridgehead atoms. The van der Waals surface area contributed by atoms with E-state index in [1.54, 1.807) is 13.0 Å². The van der Waals surface area contributed by atoms with Crippen molar-refractivity contribution in [3.8, 4) is 5.75 Å². The van der Waals surface area contributed by atoms with E-state index in [0.29, 0.717) is 0 Å². The van der Waals surface area contributed by atoms with Gasteiger partial charge >= 0.3 is 0 Å². The molecule has 0 aliphatic rings. The summed E-state index contributed by atoms with van der Waals surface area (Å²) in [5.74, 6) is -1.87. The van der Waals surface area contributed by atoms with Crippen molar-refractivity contribution in [2.75, 3.05) is 6.61 Å². The van der Waals surface area contributed by atoms with E-state index in [1.807, 2.05) is 0 Å². The highest BCUT2D eigenvalue weighted by Crippen LogP contribution is 2.21. The molecule has 20 heavy (non-hydrogen) atoms. The molecule has 1 atom stereocenters. The molecule has 2 rings (SSSR count). The first-order valence-corrected chi connectivity index (χ1v) is 6.07. The summed E-state index contributed by atoms with van der Waals surface area (Å²) < 4.78 is 45.0. The van der Waals surface area contributed by atoms with Crippen LogP contribution in [0.1, 0.15) is 17.2 Å². The Labute approximate surface area is 115 Å². The molecule has 0 saturated carbocycles. The van der Waals surface area contributed by atoms with E-state index in [9.17, 15) is 13.2 Å². The van der Waals surface area contributed by atoms with Gasteiger partial charge in [0.05, 0.1) is 6.04 Å². The number of nitrogens with two attached hydrogens (primary N) is 1. The van der Waals surface area contributed by atoms with Crippen LogP contribution in [0.3, 0.4) is 0 Å². The van der Waals surface area contributed by atoms with Crippen LogP contribution in [0.2, 0.25) is 0 Å². The molecule has 0 aromatic heterocycles. The zero-order valence-electron chi connectivity index (χ0n) is 10.9. The summed E-state index contributed by atoms with van der Waals surface area (Å²) in [7, 11) is 0. The summed E-state index contributed by atoms with van der Waals surface area (Å²) in [6.45, 7) is 1.69. The van der Waals surface area contributed by atoms with Crippen LogP contribution in [0.15, 0.2) is 36.4 Å². The van der Waals surface area contributed by atoms with Crippen molar-refractivity contribution in [1.82, 2.24) is 0 Å². The fourth-order valence-electron chi connectivity index (χ4n) is 1.79. The third-order valence-corrected chi connectivity index (χ3v) is 2.87. The Hall–Kier alpha value is -2.01. The molecular formula is C15H14F3NO. The monoisotopic (exact) mass is 281 g/mol. The Bertz CT molecular complexity index is 616. The molecule has 0 radical (unpaired) electrons. The number of hydrogen-bond acceptors (Lipinski definition) is 2. The van der Waals surface area contributed by atoms with Crippen molar-refractivity contribution < 1.29 is 17.9 Å². The summed E-state index contributed by atoms with van der Waals surface area (Å²) in [6.07, 6.45) is 0. The maximum Gasteiger partial charge on any atom is 0.165 e. The van der Waals surface area contributed by atoms with Crippen molar-refractivity contribution in [3.05, 3.63) is 65.0 Å². The Morgan fingerprint density at radius 1 is 1.05 bits per heavy atom.